The van der Waals surface area contributed by atoms with Gasteiger partial charge in [-0.3, -0.25) is 10.8 Å². The van der Waals surface area contributed by atoms with E-state index in [0.29, 0.717) is 10.8 Å². The highest BCUT2D eigenvalue weighted by Gasteiger charge is 2.31. The maximum Gasteiger partial charge on any atom is 0.573 e. The van der Waals surface area contributed by atoms with Gasteiger partial charge in [0.1, 0.15) is 5.75 Å². The third-order valence-electron chi connectivity index (χ3n) is 2.83. The van der Waals surface area contributed by atoms with Crippen molar-refractivity contribution in [1.29, 1.82) is 0 Å². The lowest BCUT2D eigenvalue weighted by atomic mass is 10.1. The SMILES string of the molecule is NN/C(C(=O)O)=C(\N)c1cc2cc(OC(F)(F)F)ccc2cn1. The Morgan fingerprint density at radius 2 is 1.96 bits per heavy atom. The Morgan fingerprint density at radius 3 is 2.52 bits per heavy atom. The molecule has 0 radical (unpaired) electrons. The van der Waals surface area contributed by atoms with E-state index < -0.39 is 23.8 Å². The Bertz CT molecular complexity index is 790. The largest absolute Gasteiger partial charge is 0.573 e. The van der Waals surface area contributed by atoms with Crippen molar-refractivity contribution in [2.75, 3.05) is 0 Å². The Labute approximate surface area is 127 Å². The van der Waals surface area contributed by atoms with Crippen LogP contribution in [0.5, 0.6) is 5.75 Å². The van der Waals surface area contributed by atoms with Gasteiger partial charge in [-0.25, -0.2) is 4.79 Å². The number of benzene rings is 1. The van der Waals surface area contributed by atoms with Gasteiger partial charge in [0, 0.05) is 11.6 Å². The van der Waals surface area contributed by atoms with E-state index in [0.717, 1.165) is 12.1 Å². The standard InChI is InChI=1S/C13H11F3N4O3/c14-13(15,16)23-8-2-1-6-5-19-9(4-7(6)3-8)10(17)11(20-18)12(21)22/h1-5,20H,17-18H2,(H,21,22)/b11-10-. The van der Waals surface area contributed by atoms with E-state index in [9.17, 15) is 18.0 Å². The summed E-state index contributed by atoms with van der Waals surface area (Å²) in [6.07, 6.45) is -3.48. The van der Waals surface area contributed by atoms with Crippen molar-refractivity contribution in [1.82, 2.24) is 10.4 Å². The quantitative estimate of drug-likeness (QED) is 0.379. The number of fused-ring (bicyclic) bond motifs is 1. The summed E-state index contributed by atoms with van der Waals surface area (Å²) < 4.78 is 40.5. The molecule has 1 aromatic heterocycles. The first-order chi connectivity index (χ1) is 10.7. The smallest absolute Gasteiger partial charge is 0.476 e. The molecule has 0 atom stereocenters. The average molecular weight is 328 g/mol. The summed E-state index contributed by atoms with van der Waals surface area (Å²) >= 11 is 0. The number of aliphatic carboxylic acids is 1. The fourth-order valence-electron chi connectivity index (χ4n) is 1.85. The third kappa shape index (κ3) is 3.80. The van der Waals surface area contributed by atoms with Crippen LogP contribution in [0.4, 0.5) is 13.2 Å². The van der Waals surface area contributed by atoms with Crippen molar-refractivity contribution in [3.05, 3.63) is 41.9 Å². The number of carboxylic acid groups (broad SMARTS) is 1. The van der Waals surface area contributed by atoms with E-state index in [1.807, 2.05) is 5.43 Å². The number of nitrogens with one attached hydrogen (secondary N) is 1. The van der Waals surface area contributed by atoms with Crippen LogP contribution in [0, 0.1) is 0 Å². The molecule has 0 saturated heterocycles. The van der Waals surface area contributed by atoms with Crippen LogP contribution in [-0.2, 0) is 4.79 Å². The Hall–Kier alpha value is -3.01. The molecule has 0 unspecified atom stereocenters. The fourth-order valence-corrected chi connectivity index (χ4v) is 1.85. The van der Waals surface area contributed by atoms with Gasteiger partial charge in [0.25, 0.3) is 0 Å². The van der Waals surface area contributed by atoms with Crippen LogP contribution in [0.1, 0.15) is 5.69 Å². The van der Waals surface area contributed by atoms with E-state index in [4.69, 9.17) is 16.7 Å². The summed E-state index contributed by atoms with van der Waals surface area (Å²) in [5, 5.41) is 9.79. The summed E-state index contributed by atoms with van der Waals surface area (Å²) in [5.41, 5.74) is 6.89. The number of carbonyl (C=O) groups is 1. The zero-order valence-corrected chi connectivity index (χ0v) is 11.4. The van der Waals surface area contributed by atoms with Gasteiger partial charge in [0.05, 0.1) is 11.4 Å². The minimum Gasteiger partial charge on any atom is -0.476 e. The van der Waals surface area contributed by atoms with Crippen LogP contribution in [0.25, 0.3) is 16.5 Å². The molecular weight excluding hydrogens is 317 g/mol. The number of nitrogens with zero attached hydrogens (tertiary/aromatic N) is 1. The van der Waals surface area contributed by atoms with Gasteiger partial charge in [-0.15, -0.1) is 13.2 Å². The van der Waals surface area contributed by atoms with E-state index in [1.165, 1.54) is 18.3 Å². The number of carboxylic acids is 1. The van der Waals surface area contributed by atoms with Crippen LogP contribution in [0.2, 0.25) is 0 Å². The molecule has 1 heterocycles. The lowest BCUT2D eigenvalue weighted by molar-refractivity contribution is -0.274. The number of alkyl halides is 3. The predicted octanol–water partition coefficient (Wildman–Crippen LogP) is 1.31. The molecule has 0 aliphatic carbocycles. The normalized spacial score (nSPS) is 12.7. The molecule has 0 aliphatic heterocycles. The lowest BCUT2D eigenvalue weighted by Crippen LogP contribution is -2.29. The van der Waals surface area contributed by atoms with Crippen molar-refractivity contribution in [2.24, 2.45) is 11.6 Å². The number of hydrazine groups is 1. The molecule has 122 valence electrons. The number of halogens is 3. The van der Waals surface area contributed by atoms with Gasteiger partial charge in [-0.1, -0.05) is 0 Å². The first-order valence-electron chi connectivity index (χ1n) is 6.07. The predicted molar refractivity (Wildman–Crippen MR) is 74.5 cm³/mol. The second-order valence-corrected chi connectivity index (χ2v) is 4.36. The minimum atomic E-state index is -4.82. The zero-order valence-electron chi connectivity index (χ0n) is 11.4. The van der Waals surface area contributed by atoms with Gasteiger partial charge in [-0.05, 0) is 29.7 Å². The Kier molecular flexibility index (Phi) is 4.27. The monoisotopic (exact) mass is 328 g/mol. The summed E-state index contributed by atoms with van der Waals surface area (Å²) in [4.78, 5) is 14.9. The van der Waals surface area contributed by atoms with Gasteiger partial charge in [0.15, 0.2) is 5.70 Å². The van der Waals surface area contributed by atoms with Crippen LogP contribution >= 0.6 is 0 Å². The first-order valence-corrected chi connectivity index (χ1v) is 6.07. The second-order valence-electron chi connectivity index (χ2n) is 4.36. The van der Waals surface area contributed by atoms with Crippen molar-refractivity contribution in [3.8, 4) is 5.75 Å². The highest BCUT2D eigenvalue weighted by molar-refractivity contribution is 5.95. The molecule has 7 nitrogen and oxygen atoms in total. The number of ether oxygens (including phenoxy) is 1. The molecule has 2 aromatic rings. The third-order valence-corrected chi connectivity index (χ3v) is 2.83. The number of nitrogens with two attached hydrogens (primary N) is 2. The molecular formula is C13H11F3N4O3. The fraction of sp³-hybridized carbons (Fsp3) is 0.0769. The summed E-state index contributed by atoms with van der Waals surface area (Å²) in [5.74, 6) is 3.26. The maximum atomic E-state index is 12.2. The van der Waals surface area contributed by atoms with Crippen molar-refractivity contribution in [3.63, 3.8) is 0 Å². The first kappa shape index (κ1) is 16.4. The molecule has 6 N–H and O–H groups in total. The number of hydrogen-bond acceptors (Lipinski definition) is 6. The van der Waals surface area contributed by atoms with Crippen LogP contribution in [-0.4, -0.2) is 22.4 Å². The minimum absolute atomic E-state index is 0.0389. The van der Waals surface area contributed by atoms with E-state index in [1.54, 1.807) is 0 Å². The van der Waals surface area contributed by atoms with Gasteiger partial charge < -0.3 is 21.0 Å². The average Bonchev–Trinajstić information content (AvgIpc) is 2.45. The van der Waals surface area contributed by atoms with Crippen LogP contribution in [0.15, 0.2) is 36.2 Å². The highest BCUT2D eigenvalue weighted by atomic mass is 19.4. The van der Waals surface area contributed by atoms with Gasteiger partial charge in [-0.2, -0.15) is 0 Å². The second kappa shape index (κ2) is 6.01. The summed E-state index contributed by atoms with van der Waals surface area (Å²) in [7, 11) is 0. The number of pyridine rings is 1. The zero-order chi connectivity index (χ0) is 17.2. The van der Waals surface area contributed by atoms with Gasteiger partial charge >= 0.3 is 12.3 Å². The molecule has 10 heteroatoms. The molecule has 0 saturated carbocycles. The Balaban J connectivity index is 2.50. The van der Waals surface area contributed by atoms with Crippen molar-refractivity contribution >= 4 is 22.4 Å². The van der Waals surface area contributed by atoms with Gasteiger partial charge in [0.2, 0.25) is 0 Å². The lowest BCUT2D eigenvalue weighted by Gasteiger charge is -2.10. The van der Waals surface area contributed by atoms with E-state index in [2.05, 4.69) is 9.72 Å². The molecule has 23 heavy (non-hydrogen) atoms. The molecule has 0 spiro atoms. The Morgan fingerprint density at radius 1 is 1.26 bits per heavy atom. The molecule has 2 rings (SSSR count). The molecule has 0 amide bonds. The van der Waals surface area contributed by atoms with Crippen LogP contribution < -0.4 is 21.7 Å². The number of aromatic nitrogens is 1. The van der Waals surface area contributed by atoms with Crippen molar-refractivity contribution < 1.29 is 27.8 Å². The van der Waals surface area contributed by atoms with E-state index in [-0.39, 0.29) is 11.4 Å². The molecule has 0 aliphatic rings. The topological polar surface area (TPSA) is 123 Å². The number of rotatable bonds is 4. The molecule has 0 fully saturated rings. The number of hydrogen-bond donors (Lipinski definition) is 4. The molecule has 0 bridgehead atoms. The maximum absolute atomic E-state index is 12.2. The summed E-state index contributed by atoms with van der Waals surface area (Å²) in [6.45, 7) is 0. The molecule has 1 aromatic carbocycles. The summed E-state index contributed by atoms with van der Waals surface area (Å²) in [6, 6.07) is 4.98. The van der Waals surface area contributed by atoms with Crippen molar-refractivity contribution in [2.45, 2.75) is 6.36 Å². The van der Waals surface area contributed by atoms with E-state index >= 15 is 0 Å². The highest BCUT2D eigenvalue weighted by Crippen LogP contribution is 2.27. The van der Waals surface area contributed by atoms with Crippen LogP contribution in [0.3, 0.4) is 0 Å².